The van der Waals surface area contributed by atoms with Crippen LogP contribution < -0.4 is 4.90 Å². The number of hydrogen-bond acceptors (Lipinski definition) is 3. The standard InChI is InChI=1S/C39H24BrCl2NO3/c40-27-15-21-30(22-16-27)43-35(44)33-34(36(43)45)39(26-13-19-29(42)20-14-26)32(24-9-5-2-6-10-24)31(23-7-3-1-4-8-23)38(33,37(39)46)25-11-17-28(41)18-12-25/h1-22,33-34H/t33-,34-,38+,39+/m1/s1. The Morgan fingerprint density at radius 3 is 1.30 bits per heavy atom. The number of carbonyl (C=O) groups is 3. The molecule has 0 radical (unpaired) electrons. The number of Topliss-reactive ketones (excluding diaryl/α,β-unsaturated/α-hetero) is 1. The number of amides is 2. The zero-order valence-electron chi connectivity index (χ0n) is 24.2. The van der Waals surface area contributed by atoms with Crippen LogP contribution in [-0.2, 0) is 25.2 Å². The molecule has 1 saturated heterocycles. The number of allylic oxidation sites excluding steroid dienone is 2. The molecule has 4 atom stereocenters. The van der Waals surface area contributed by atoms with Crippen LogP contribution in [0.4, 0.5) is 5.69 Å². The predicted octanol–water partition coefficient (Wildman–Crippen LogP) is 8.94. The van der Waals surface area contributed by atoms with E-state index in [9.17, 15) is 9.59 Å². The van der Waals surface area contributed by atoms with E-state index in [1.54, 1.807) is 48.5 Å². The smallest absolute Gasteiger partial charge is 0.239 e. The average Bonchev–Trinajstić information content (AvgIpc) is 3.58. The van der Waals surface area contributed by atoms with Crippen molar-refractivity contribution < 1.29 is 14.4 Å². The Labute approximate surface area is 284 Å². The number of benzene rings is 5. The van der Waals surface area contributed by atoms with Gasteiger partial charge in [0.05, 0.1) is 28.4 Å². The van der Waals surface area contributed by atoms with Gasteiger partial charge in [-0.15, -0.1) is 0 Å². The molecule has 2 fully saturated rings. The van der Waals surface area contributed by atoms with Gasteiger partial charge in [-0.25, -0.2) is 4.90 Å². The molecule has 1 heterocycles. The number of imide groups is 1. The Morgan fingerprint density at radius 2 is 0.913 bits per heavy atom. The van der Waals surface area contributed by atoms with Gasteiger partial charge >= 0.3 is 0 Å². The molecule has 0 aromatic heterocycles. The summed E-state index contributed by atoms with van der Waals surface area (Å²) < 4.78 is 0.820. The van der Waals surface area contributed by atoms with E-state index in [1.807, 2.05) is 84.9 Å². The third-order valence-corrected chi connectivity index (χ3v) is 10.8. The van der Waals surface area contributed by atoms with Gasteiger partial charge in [0.2, 0.25) is 11.8 Å². The van der Waals surface area contributed by atoms with Crippen LogP contribution in [-0.4, -0.2) is 17.6 Å². The first-order valence-corrected chi connectivity index (χ1v) is 16.4. The van der Waals surface area contributed by atoms with Crippen LogP contribution in [0.5, 0.6) is 0 Å². The molecule has 4 nitrogen and oxygen atoms in total. The summed E-state index contributed by atoms with van der Waals surface area (Å²) in [6, 6.07) is 40.8. The number of carbonyl (C=O) groups excluding carboxylic acids is 3. The fraction of sp³-hybridized carbons (Fsp3) is 0.103. The monoisotopic (exact) mass is 703 g/mol. The van der Waals surface area contributed by atoms with Gasteiger partial charge in [0.25, 0.3) is 0 Å². The van der Waals surface area contributed by atoms with Crippen molar-refractivity contribution >= 4 is 73.6 Å². The molecule has 7 heteroatoms. The molecule has 3 aliphatic rings. The molecule has 2 bridgehead atoms. The van der Waals surface area contributed by atoms with Crippen LogP contribution in [0.2, 0.25) is 10.0 Å². The lowest BCUT2D eigenvalue weighted by Crippen LogP contribution is -2.45. The molecule has 5 aromatic rings. The van der Waals surface area contributed by atoms with E-state index in [0.717, 1.165) is 26.7 Å². The highest BCUT2D eigenvalue weighted by Crippen LogP contribution is 2.74. The predicted molar refractivity (Wildman–Crippen MR) is 185 cm³/mol. The lowest BCUT2D eigenvalue weighted by atomic mass is 9.59. The van der Waals surface area contributed by atoms with Crippen molar-refractivity contribution in [2.75, 3.05) is 4.90 Å². The maximum atomic E-state index is 15.9. The number of anilines is 1. The number of nitrogens with zero attached hydrogens (tertiary/aromatic N) is 1. The van der Waals surface area contributed by atoms with Gasteiger partial charge in [0.1, 0.15) is 0 Å². The average molecular weight is 705 g/mol. The maximum absolute atomic E-state index is 15.9. The summed E-state index contributed by atoms with van der Waals surface area (Å²) in [7, 11) is 0. The summed E-state index contributed by atoms with van der Waals surface area (Å²) in [5.41, 5.74) is 1.76. The Morgan fingerprint density at radius 1 is 0.522 bits per heavy atom. The molecule has 2 amide bonds. The van der Waals surface area contributed by atoms with Gasteiger partial charge in [-0.05, 0) is 81.9 Å². The lowest BCUT2D eigenvalue weighted by molar-refractivity contribution is -0.130. The number of halogens is 3. The van der Waals surface area contributed by atoms with Gasteiger partial charge in [-0.2, -0.15) is 0 Å². The minimum Gasteiger partial charge on any atom is -0.297 e. The van der Waals surface area contributed by atoms with Crippen LogP contribution in [0.25, 0.3) is 11.1 Å². The molecular formula is C39H24BrCl2NO3. The first-order chi connectivity index (χ1) is 22.3. The summed E-state index contributed by atoms with van der Waals surface area (Å²) in [5.74, 6) is -3.05. The van der Waals surface area contributed by atoms with Gasteiger partial charge < -0.3 is 0 Å². The van der Waals surface area contributed by atoms with Gasteiger partial charge in [0.15, 0.2) is 5.78 Å². The van der Waals surface area contributed by atoms with E-state index in [4.69, 9.17) is 23.2 Å². The molecule has 2 aliphatic carbocycles. The Hall–Kier alpha value is -4.29. The van der Waals surface area contributed by atoms with Gasteiger partial charge in [-0.3, -0.25) is 14.4 Å². The Bertz CT molecular complexity index is 1950. The molecular weight excluding hydrogens is 681 g/mol. The minimum absolute atomic E-state index is 0.200. The highest BCUT2D eigenvalue weighted by molar-refractivity contribution is 9.10. The summed E-state index contributed by atoms with van der Waals surface area (Å²) in [5, 5.41) is 1.01. The quantitative estimate of drug-likeness (QED) is 0.172. The second kappa shape index (κ2) is 10.6. The summed E-state index contributed by atoms with van der Waals surface area (Å²) in [6.45, 7) is 0. The van der Waals surface area contributed by atoms with Crippen molar-refractivity contribution in [1.82, 2.24) is 0 Å². The summed E-state index contributed by atoms with van der Waals surface area (Å²) in [6.07, 6.45) is 0. The summed E-state index contributed by atoms with van der Waals surface area (Å²) >= 11 is 16.3. The van der Waals surface area contributed by atoms with Crippen LogP contribution in [0, 0.1) is 11.8 Å². The molecule has 0 N–H and O–H groups in total. The van der Waals surface area contributed by atoms with E-state index in [1.165, 1.54) is 4.90 Å². The summed E-state index contributed by atoms with van der Waals surface area (Å²) in [4.78, 5) is 47.1. The van der Waals surface area contributed by atoms with Crippen molar-refractivity contribution in [3.8, 4) is 0 Å². The molecule has 1 aliphatic heterocycles. The molecule has 0 unspecified atom stereocenters. The molecule has 224 valence electrons. The van der Waals surface area contributed by atoms with Crippen molar-refractivity contribution in [2.45, 2.75) is 10.8 Å². The van der Waals surface area contributed by atoms with Crippen LogP contribution in [0.1, 0.15) is 22.3 Å². The first-order valence-electron chi connectivity index (χ1n) is 14.9. The number of fused-ring (bicyclic) bond motifs is 5. The highest BCUT2D eigenvalue weighted by atomic mass is 79.9. The van der Waals surface area contributed by atoms with Gasteiger partial charge in [-0.1, -0.05) is 124 Å². The highest BCUT2D eigenvalue weighted by Gasteiger charge is 2.82. The Kier molecular flexibility index (Phi) is 6.73. The van der Waals surface area contributed by atoms with E-state index < -0.39 is 34.5 Å². The molecule has 8 rings (SSSR count). The third-order valence-electron chi connectivity index (χ3n) is 9.80. The second-order valence-corrected chi connectivity index (χ2v) is 13.7. The zero-order valence-corrected chi connectivity index (χ0v) is 27.3. The first kappa shape index (κ1) is 29.1. The molecule has 5 aromatic carbocycles. The van der Waals surface area contributed by atoms with Crippen LogP contribution in [0.15, 0.2) is 138 Å². The van der Waals surface area contributed by atoms with Crippen LogP contribution >= 0.6 is 39.1 Å². The fourth-order valence-electron chi connectivity index (χ4n) is 8.20. The number of ketones is 1. The Balaban J connectivity index is 1.56. The number of hydrogen-bond donors (Lipinski definition) is 0. The van der Waals surface area contributed by atoms with Crippen molar-refractivity contribution in [2.24, 2.45) is 11.8 Å². The van der Waals surface area contributed by atoms with E-state index >= 15 is 4.79 Å². The van der Waals surface area contributed by atoms with Crippen molar-refractivity contribution in [3.05, 3.63) is 170 Å². The van der Waals surface area contributed by atoms with E-state index in [-0.39, 0.29) is 5.78 Å². The fourth-order valence-corrected chi connectivity index (χ4v) is 8.72. The molecule has 0 spiro atoms. The molecule has 46 heavy (non-hydrogen) atoms. The largest absolute Gasteiger partial charge is 0.297 e. The SMILES string of the molecule is O=C1[C@H]2[C@H](C(=O)N1c1ccc(Br)cc1)[C@@]1(c3ccc(Cl)cc3)C(=O)[C@@]2(c2ccc(Cl)cc2)C(c2ccccc2)=C1c1ccccc1. The van der Waals surface area contributed by atoms with Crippen molar-refractivity contribution in [1.29, 1.82) is 0 Å². The minimum atomic E-state index is -1.50. The third kappa shape index (κ3) is 3.77. The van der Waals surface area contributed by atoms with Gasteiger partial charge in [0, 0.05) is 14.5 Å². The van der Waals surface area contributed by atoms with Crippen molar-refractivity contribution in [3.63, 3.8) is 0 Å². The van der Waals surface area contributed by atoms with E-state index in [0.29, 0.717) is 26.9 Å². The topological polar surface area (TPSA) is 54.5 Å². The van der Waals surface area contributed by atoms with E-state index in [2.05, 4.69) is 15.9 Å². The zero-order chi connectivity index (χ0) is 31.8. The van der Waals surface area contributed by atoms with Crippen LogP contribution in [0.3, 0.4) is 0 Å². The number of rotatable bonds is 5. The normalized spacial score (nSPS) is 25.0. The second-order valence-electron chi connectivity index (χ2n) is 11.9. The maximum Gasteiger partial charge on any atom is 0.239 e. The molecule has 1 saturated carbocycles. The lowest BCUT2D eigenvalue weighted by Gasteiger charge is -2.39.